The predicted octanol–water partition coefficient (Wildman–Crippen LogP) is 19.3. The highest BCUT2D eigenvalue weighted by Crippen LogP contribution is 2.46. The number of aromatic nitrogens is 1. The van der Waals surface area contributed by atoms with Crippen LogP contribution < -0.4 is 9.80 Å². The number of para-hydroxylation sites is 1. The lowest BCUT2D eigenvalue weighted by Crippen LogP contribution is -2.20. The summed E-state index contributed by atoms with van der Waals surface area (Å²) >= 11 is 0. The average molecular weight is 904 g/mol. The van der Waals surface area contributed by atoms with Crippen LogP contribution in [0.2, 0.25) is 0 Å². The van der Waals surface area contributed by atoms with Gasteiger partial charge in [0, 0.05) is 55.7 Å². The molecule has 0 radical (unpaired) electrons. The number of hydrogen-bond donors (Lipinski definition) is 0. The Bertz CT molecular complexity index is 3380. The average Bonchev–Trinajstić information content (AvgIpc) is 3.81. The van der Waals surface area contributed by atoms with Crippen molar-refractivity contribution in [2.45, 2.75) is 120 Å². The Balaban J connectivity index is 1.07. The van der Waals surface area contributed by atoms with Crippen molar-refractivity contribution in [2.24, 2.45) is 10.8 Å². The van der Waals surface area contributed by atoms with Gasteiger partial charge in [-0.3, -0.25) is 0 Å². The van der Waals surface area contributed by atoms with E-state index < -0.39 is 0 Å². The largest absolute Gasteiger partial charge is 0.314 e. The third-order valence-electron chi connectivity index (χ3n) is 15.5. The van der Waals surface area contributed by atoms with E-state index in [-0.39, 0.29) is 21.7 Å². The summed E-state index contributed by atoms with van der Waals surface area (Å²) in [5, 5.41) is 10.2. The molecule has 2 heterocycles. The molecule has 3 nitrogen and oxygen atoms in total. The third-order valence-corrected chi connectivity index (χ3v) is 15.5. The molecule has 9 aromatic rings. The minimum atomic E-state index is 0.0853. The van der Waals surface area contributed by atoms with Crippen LogP contribution in [0.4, 0.5) is 22.7 Å². The van der Waals surface area contributed by atoms with Crippen LogP contribution in [0.15, 0.2) is 174 Å². The first-order valence-corrected chi connectivity index (χ1v) is 25.4. The van der Waals surface area contributed by atoms with Crippen molar-refractivity contribution in [1.82, 2.24) is 4.40 Å². The summed E-state index contributed by atoms with van der Waals surface area (Å²) in [5.41, 5.74) is 17.4. The lowest BCUT2D eigenvalue weighted by molar-refractivity contribution is 0.478. The summed E-state index contributed by atoms with van der Waals surface area (Å²) in [4.78, 5) is 5.00. The molecule has 0 amide bonds. The normalized spacial score (nSPS) is 15.4. The summed E-state index contributed by atoms with van der Waals surface area (Å²) in [6.45, 7) is 27.8. The maximum atomic E-state index is 2.56. The van der Waals surface area contributed by atoms with E-state index in [0.717, 1.165) is 25.7 Å². The first-order valence-electron chi connectivity index (χ1n) is 25.4. The molecule has 2 aromatic heterocycles. The zero-order valence-corrected chi connectivity index (χ0v) is 43.1. The quantitative estimate of drug-likeness (QED) is 0.165. The van der Waals surface area contributed by atoms with E-state index in [1.807, 2.05) is 0 Å². The molecule has 0 saturated carbocycles. The van der Waals surface area contributed by atoms with Crippen molar-refractivity contribution in [3.8, 4) is 0 Å². The van der Waals surface area contributed by atoms with Crippen LogP contribution in [0.5, 0.6) is 0 Å². The van der Waals surface area contributed by atoms with Crippen LogP contribution in [0, 0.1) is 10.8 Å². The SMILES string of the molecule is CC(C)(C)C1=CC=C(N(c2ccc(C(C)(C)C)cc2)c2ccc3cc4c5cccc6c7cc8ccc(N(C9=CC=C(C(C)(C)C)CC9)c9ccc(C(C)(C)C)cc9)cc8cc7n(c4cc3c2)c56)CC1. The summed E-state index contributed by atoms with van der Waals surface area (Å²) in [7, 11) is 0. The van der Waals surface area contributed by atoms with E-state index in [4.69, 9.17) is 0 Å². The van der Waals surface area contributed by atoms with E-state index >= 15 is 0 Å². The van der Waals surface area contributed by atoms with Crippen molar-refractivity contribution in [1.29, 1.82) is 0 Å². The number of hydrogen-bond acceptors (Lipinski definition) is 2. The van der Waals surface area contributed by atoms with Gasteiger partial charge < -0.3 is 14.2 Å². The van der Waals surface area contributed by atoms with E-state index in [9.17, 15) is 0 Å². The molecule has 0 N–H and O–H groups in total. The van der Waals surface area contributed by atoms with Gasteiger partial charge in [0.15, 0.2) is 0 Å². The Morgan fingerprint density at radius 2 is 0.739 bits per heavy atom. The molecule has 0 aliphatic heterocycles. The van der Waals surface area contributed by atoms with Gasteiger partial charge in [-0.15, -0.1) is 0 Å². The van der Waals surface area contributed by atoms with Crippen molar-refractivity contribution in [2.75, 3.05) is 9.80 Å². The molecule has 0 saturated heterocycles. The maximum absolute atomic E-state index is 2.56. The van der Waals surface area contributed by atoms with Crippen molar-refractivity contribution >= 4 is 82.4 Å². The van der Waals surface area contributed by atoms with Crippen LogP contribution in [0.1, 0.15) is 120 Å². The standard InChI is InChI=1S/C66H69N3/c1-63(2,3)46-18-28-50(29-19-46)67(51-30-20-47(21-31-51)64(4,5)6)54-26-16-42-38-58-56-14-13-15-57-59-39-43-17-27-55(37-45(43)41-61(59)69(62(56)57)60(58)40-44(42)36-54)68(52-32-22-48(23-33-52)65(7,8)9)53-34-24-49(25-35-53)66(10,11)12/h13-20,22-24,26-30,32-34,36-41H,21,25,31,35H2,1-12H3. The maximum Gasteiger partial charge on any atom is 0.0620 e. The second-order valence-electron chi connectivity index (χ2n) is 24.3. The number of anilines is 4. The Morgan fingerprint density at radius 3 is 1.09 bits per heavy atom. The summed E-state index contributed by atoms with van der Waals surface area (Å²) in [6.07, 6.45) is 13.6. The lowest BCUT2D eigenvalue weighted by Gasteiger charge is -2.33. The zero-order valence-electron chi connectivity index (χ0n) is 43.1. The first kappa shape index (κ1) is 44.9. The highest BCUT2D eigenvalue weighted by Gasteiger charge is 2.27. The number of nitrogens with zero attached hydrogens (tertiary/aromatic N) is 3. The molecule has 0 fully saturated rings. The van der Waals surface area contributed by atoms with Crippen LogP contribution in [-0.4, -0.2) is 4.40 Å². The zero-order chi connectivity index (χ0) is 48.4. The number of fused-ring (bicyclic) bond motifs is 8. The monoisotopic (exact) mass is 904 g/mol. The first-order chi connectivity index (χ1) is 32.7. The lowest BCUT2D eigenvalue weighted by atomic mass is 9.81. The van der Waals surface area contributed by atoms with Gasteiger partial charge in [-0.1, -0.05) is 161 Å². The minimum absolute atomic E-state index is 0.0853. The van der Waals surface area contributed by atoms with Gasteiger partial charge in [-0.05, 0) is 165 Å². The molecular formula is C66H69N3. The summed E-state index contributed by atoms with van der Waals surface area (Å²) in [5.74, 6) is 0. The van der Waals surface area contributed by atoms with Gasteiger partial charge >= 0.3 is 0 Å². The Hall–Kier alpha value is -6.58. The molecule has 0 unspecified atom stereocenters. The van der Waals surface area contributed by atoms with E-state index in [2.05, 4.69) is 249 Å². The number of rotatable bonds is 6. The molecule has 2 aliphatic carbocycles. The topological polar surface area (TPSA) is 10.9 Å². The number of allylic oxidation sites excluding steroid dienone is 8. The number of benzene rings is 7. The molecule has 0 atom stereocenters. The van der Waals surface area contributed by atoms with Crippen molar-refractivity contribution in [3.63, 3.8) is 0 Å². The summed E-state index contributed by atoms with van der Waals surface area (Å²) in [6, 6.07) is 49.4. The van der Waals surface area contributed by atoms with Crippen LogP contribution >= 0.6 is 0 Å². The smallest absolute Gasteiger partial charge is 0.0620 e. The van der Waals surface area contributed by atoms with Gasteiger partial charge in [0.1, 0.15) is 0 Å². The fourth-order valence-electron chi connectivity index (χ4n) is 11.3. The fraction of sp³-hybridized carbons (Fsp3) is 0.303. The molecule has 7 aromatic carbocycles. The van der Waals surface area contributed by atoms with Crippen molar-refractivity contribution < 1.29 is 0 Å². The van der Waals surface area contributed by atoms with Crippen molar-refractivity contribution in [3.05, 3.63) is 185 Å². The molecule has 0 bridgehead atoms. The van der Waals surface area contributed by atoms with Gasteiger partial charge in [0.05, 0.1) is 16.6 Å². The van der Waals surface area contributed by atoms with E-state index in [0.29, 0.717) is 0 Å². The van der Waals surface area contributed by atoms with Gasteiger partial charge in [0.25, 0.3) is 0 Å². The fourth-order valence-corrected chi connectivity index (χ4v) is 11.3. The molecule has 11 rings (SSSR count). The van der Waals surface area contributed by atoms with E-state index in [1.165, 1.54) is 116 Å². The molecule has 2 aliphatic rings. The predicted molar refractivity (Wildman–Crippen MR) is 300 cm³/mol. The van der Waals surface area contributed by atoms with Crippen LogP contribution in [0.25, 0.3) is 59.6 Å². The highest BCUT2D eigenvalue weighted by molar-refractivity contribution is 6.26. The Labute approximate surface area is 410 Å². The second-order valence-corrected chi connectivity index (χ2v) is 24.3. The van der Waals surface area contributed by atoms with Gasteiger partial charge in [0.2, 0.25) is 0 Å². The minimum Gasteiger partial charge on any atom is -0.314 e. The molecule has 3 heteroatoms. The third kappa shape index (κ3) is 7.92. The van der Waals surface area contributed by atoms with E-state index in [1.54, 1.807) is 0 Å². The second kappa shape index (κ2) is 16.0. The Morgan fingerprint density at radius 1 is 0.348 bits per heavy atom. The van der Waals surface area contributed by atoms with Gasteiger partial charge in [-0.25, -0.2) is 0 Å². The molecule has 348 valence electrons. The molecule has 0 spiro atoms. The summed E-state index contributed by atoms with van der Waals surface area (Å²) < 4.78 is 2.56. The Kier molecular flexibility index (Phi) is 10.4. The van der Waals surface area contributed by atoms with Crippen LogP contribution in [-0.2, 0) is 10.8 Å². The van der Waals surface area contributed by atoms with Crippen LogP contribution in [0.3, 0.4) is 0 Å². The molecular weight excluding hydrogens is 835 g/mol. The van der Waals surface area contributed by atoms with Gasteiger partial charge in [-0.2, -0.15) is 0 Å². The molecule has 69 heavy (non-hydrogen) atoms. The highest BCUT2D eigenvalue weighted by atomic mass is 15.2.